The first kappa shape index (κ1) is 17.4. The molecule has 11 heteroatoms. The van der Waals surface area contributed by atoms with E-state index in [-0.39, 0.29) is 18.2 Å². The van der Waals surface area contributed by atoms with Crippen molar-refractivity contribution in [3.8, 4) is 0 Å². The van der Waals surface area contributed by atoms with Crippen molar-refractivity contribution < 1.29 is 22.5 Å². The second kappa shape index (κ2) is 5.86. The van der Waals surface area contributed by atoms with E-state index in [0.717, 1.165) is 4.57 Å². The minimum atomic E-state index is -2.58. The molecule has 2 fully saturated rings. The van der Waals surface area contributed by atoms with Gasteiger partial charge < -0.3 is 23.4 Å². The van der Waals surface area contributed by atoms with Crippen LogP contribution < -0.4 is 11.4 Å². The summed E-state index contributed by atoms with van der Waals surface area (Å²) in [6.07, 6.45) is -1.12. The lowest BCUT2D eigenvalue weighted by molar-refractivity contribution is -0.130. The number of hydrogen-bond donors (Lipinski definition) is 1. The molecule has 2 saturated heterocycles. The molecule has 1 unspecified atom stereocenters. The van der Waals surface area contributed by atoms with E-state index >= 15 is 0 Å². The Morgan fingerprint density at radius 2 is 1.96 bits per heavy atom. The van der Waals surface area contributed by atoms with E-state index in [1.807, 2.05) is 26.2 Å². The Bertz CT molecular complexity index is 722. The quantitative estimate of drug-likeness (QED) is 0.693. The zero-order chi connectivity index (χ0) is 17.7. The zero-order valence-electron chi connectivity index (χ0n) is 14.0. The van der Waals surface area contributed by atoms with Crippen molar-refractivity contribution in [1.82, 2.24) is 9.55 Å². The van der Waals surface area contributed by atoms with Crippen LogP contribution in [0.1, 0.15) is 6.23 Å². The molecule has 1 aromatic rings. The van der Waals surface area contributed by atoms with Gasteiger partial charge in [0.2, 0.25) is 12.0 Å². The number of nitrogens with zero attached hydrogens (tertiary/aromatic N) is 2. The Balaban J connectivity index is 1.91. The molecule has 2 aliphatic rings. The van der Waals surface area contributed by atoms with Crippen LogP contribution >= 0.6 is 0 Å². The highest BCUT2D eigenvalue weighted by Crippen LogP contribution is 2.32. The molecule has 0 radical (unpaired) electrons. The Hall–Kier alpha value is -1.38. The summed E-state index contributed by atoms with van der Waals surface area (Å²) in [5.74, 6) is -0.259. The lowest BCUT2D eigenvalue weighted by atomic mass is 10.1. The van der Waals surface area contributed by atoms with E-state index in [1.165, 1.54) is 12.3 Å². The highest BCUT2D eigenvalue weighted by molar-refractivity contribution is 6.78. The van der Waals surface area contributed by atoms with Crippen molar-refractivity contribution in [2.45, 2.75) is 44.6 Å². The Labute approximate surface area is 141 Å². The molecule has 132 valence electrons. The number of nitrogens with two attached hydrogens (primary N) is 1. The van der Waals surface area contributed by atoms with Crippen LogP contribution in [0.25, 0.3) is 0 Å². The van der Waals surface area contributed by atoms with Crippen molar-refractivity contribution in [3.63, 3.8) is 0 Å². The number of ether oxygens (including phenoxy) is 1. The van der Waals surface area contributed by atoms with E-state index in [4.69, 9.17) is 23.4 Å². The third-order valence-electron chi connectivity index (χ3n) is 3.77. The van der Waals surface area contributed by atoms with E-state index < -0.39 is 41.2 Å². The van der Waals surface area contributed by atoms with Gasteiger partial charge in [0.15, 0.2) is 0 Å². The van der Waals surface area contributed by atoms with Crippen LogP contribution in [0.3, 0.4) is 0 Å². The minimum absolute atomic E-state index is 0.0852. The van der Waals surface area contributed by atoms with Crippen molar-refractivity contribution in [1.29, 1.82) is 0 Å². The normalized spacial score (nSPS) is 32.0. The van der Waals surface area contributed by atoms with Gasteiger partial charge in [0.25, 0.3) is 0 Å². The molecule has 2 N–H and O–H groups in total. The smallest absolute Gasteiger partial charge is 0.351 e. The molecule has 24 heavy (non-hydrogen) atoms. The number of ketones is 1. The van der Waals surface area contributed by atoms with Gasteiger partial charge in [-0.05, 0) is 32.3 Å². The highest BCUT2D eigenvalue weighted by atomic mass is 28.5. The summed E-state index contributed by atoms with van der Waals surface area (Å²) in [4.78, 5) is 28.4. The number of carbonyl (C=O) groups excluding carboxylic acids is 1. The molecule has 0 aliphatic carbocycles. The van der Waals surface area contributed by atoms with E-state index in [2.05, 4.69) is 4.98 Å². The van der Waals surface area contributed by atoms with Gasteiger partial charge in [-0.25, -0.2) is 4.79 Å². The number of fused-ring (bicyclic) bond motifs is 1. The number of anilines is 1. The molecule has 3 rings (SSSR count). The Morgan fingerprint density at radius 3 is 2.62 bits per heavy atom. The van der Waals surface area contributed by atoms with Crippen LogP contribution in [0.5, 0.6) is 0 Å². The van der Waals surface area contributed by atoms with Gasteiger partial charge in [-0.2, -0.15) is 4.98 Å². The van der Waals surface area contributed by atoms with Gasteiger partial charge in [-0.15, -0.1) is 0 Å². The van der Waals surface area contributed by atoms with Crippen molar-refractivity contribution in [2.24, 2.45) is 0 Å². The third kappa shape index (κ3) is 3.36. The molecule has 0 spiro atoms. The fraction of sp³-hybridized carbons (Fsp3) is 0.615. The summed E-state index contributed by atoms with van der Waals surface area (Å²) >= 11 is 0. The third-order valence-corrected chi connectivity index (χ3v) is 9.38. The molecule has 3 atom stereocenters. The molecular weight excluding hydrogens is 350 g/mol. The van der Waals surface area contributed by atoms with E-state index in [9.17, 15) is 9.59 Å². The predicted octanol–water partition coefficient (Wildman–Crippen LogP) is 0.128. The maximum Gasteiger partial charge on any atom is 0.351 e. The summed E-state index contributed by atoms with van der Waals surface area (Å²) in [6, 6.07) is 1.44. The van der Waals surface area contributed by atoms with Crippen LogP contribution in [0, 0.1) is 0 Å². The van der Waals surface area contributed by atoms with Gasteiger partial charge >= 0.3 is 22.8 Å². The summed E-state index contributed by atoms with van der Waals surface area (Å²) in [5.41, 5.74) is 4.84. The largest absolute Gasteiger partial charge is 0.415 e. The number of nitrogen functional groups attached to an aromatic ring is 1. The van der Waals surface area contributed by atoms with Crippen LogP contribution in [0.2, 0.25) is 26.2 Å². The van der Waals surface area contributed by atoms with Crippen molar-refractivity contribution >= 4 is 28.7 Å². The lowest BCUT2D eigenvalue weighted by Gasteiger charge is -2.38. The monoisotopic (exact) mass is 371 g/mol. The molecule has 2 aliphatic heterocycles. The molecular formula is C13H21N3O6Si2. The van der Waals surface area contributed by atoms with Gasteiger partial charge in [0.1, 0.15) is 18.0 Å². The van der Waals surface area contributed by atoms with Gasteiger partial charge in [-0.3, -0.25) is 9.36 Å². The lowest BCUT2D eigenvalue weighted by Crippen LogP contribution is -2.56. The van der Waals surface area contributed by atoms with Gasteiger partial charge in [-0.1, -0.05) is 0 Å². The molecule has 0 amide bonds. The fourth-order valence-corrected chi connectivity index (χ4v) is 9.54. The summed E-state index contributed by atoms with van der Waals surface area (Å²) < 4.78 is 24.8. The van der Waals surface area contributed by atoms with Crippen molar-refractivity contribution in [3.05, 3.63) is 22.7 Å². The first-order chi connectivity index (χ1) is 11.1. The molecule has 9 nitrogen and oxygen atoms in total. The first-order valence-electron chi connectivity index (χ1n) is 7.64. The molecule has 1 aromatic heterocycles. The molecule has 0 aromatic carbocycles. The number of carbonyl (C=O) groups is 1. The van der Waals surface area contributed by atoms with E-state index in [0.29, 0.717) is 0 Å². The fourth-order valence-electron chi connectivity index (χ4n) is 2.93. The van der Waals surface area contributed by atoms with Crippen molar-refractivity contribution in [2.75, 3.05) is 12.3 Å². The Kier molecular flexibility index (Phi) is 4.26. The summed E-state index contributed by atoms with van der Waals surface area (Å²) in [5, 5.41) is 0. The maximum absolute atomic E-state index is 12.7. The Morgan fingerprint density at radius 1 is 1.25 bits per heavy atom. The summed E-state index contributed by atoms with van der Waals surface area (Å²) in [6.45, 7) is 7.76. The SMILES string of the molecule is C[Si]1(C)OC[C@H]2OC(n3ccc(N)nc3=O)C(=O)[C@@H]2O[Si](C)(C)O1. The van der Waals surface area contributed by atoms with Gasteiger partial charge in [0.05, 0.1) is 6.61 Å². The van der Waals surface area contributed by atoms with Crippen LogP contribution in [0.4, 0.5) is 5.82 Å². The topological polar surface area (TPSA) is 115 Å². The number of aromatic nitrogens is 2. The highest BCUT2D eigenvalue weighted by Gasteiger charge is 2.52. The molecule has 3 heterocycles. The molecule has 0 saturated carbocycles. The number of Topliss-reactive ketones (excluding diaryl/α,β-unsaturated/α-hetero) is 1. The maximum atomic E-state index is 12.7. The zero-order valence-corrected chi connectivity index (χ0v) is 16.0. The molecule has 0 bridgehead atoms. The van der Waals surface area contributed by atoms with E-state index in [1.54, 1.807) is 0 Å². The predicted molar refractivity (Wildman–Crippen MR) is 88.7 cm³/mol. The standard InChI is InChI=1S/C13H21N3O6Si2/c1-23(2)19-7-8-11(21-24(3,4)22-23)10(17)12(20-8)16-6-5-9(14)15-13(16)18/h5-6,8,11-12H,7H2,1-4H3,(H2,14,15,18)/t8-,11-,12?/m1/s1. The summed E-state index contributed by atoms with van der Waals surface area (Å²) in [7, 11) is -4.94. The van der Waals surface area contributed by atoms with Gasteiger partial charge in [0, 0.05) is 6.20 Å². The second-order valence-corrected chi connectivity index (χ2v) is 13.7. The van der Waals surface area contributed by atoms with Crippen LogP contribution in [0.15, 0.2) is 17.1 Å². The second-order valence-electron chi connectivity index (χ2n) is 6.72. The minimum Gasteiger partial charge on any atom is -0.415 e. The first-order valence-corrected chi connectivity index (χ1v) is 13.3. The average molecular weight is 371 g/mol. The van der Waals surface area contributed by atoms with Crippen LogP contribution in [-0.2, 0) is 22.5 Å². The average Bonchev–Trinajstić information content (AvgIpc) is 2.71. The van der Waals surface area contributed by atoms with Crippen LogP contribution in [-0.4, -0.2) is 51.3 Å². The number of rotatable bonds is 1. The number of hydrogen-bond acceptors (Lipinski definition) is 8.